The molecule has 1 fully saturated rings. The van der Waals surface area contributed by atoms with Crippen molar-refractivity contribution in [2.75, 3.05) is 6.61 Å². The molecule has 9 heavy (non-hydrogen) atoms. The fourth-order valence-electron chi connectivity index (χ4n) is 0.939. The fourth-order valence-corrected chi connectivity index (χ4v) is 0.939. The second kappa shape index (κ2) is 3.20. The van der Waals surface area contributed by atoms with Gasteiger partial charge in [-0.25, -0.2) is 4.89 Å². The number of hydrogen-bond acceptors (Lipinski definition) is 3. The third-order valence-electron chi connectivity index (χ3n) is 1.40. The van der Waals surface area contributed by atoms with Gasteiger partial charge in [-0.15, -0.1) is 0 Å². The molecule has 0 spiro atoms. The Morgan fingerprint density at radius 3 is 2.89 bits per heavy atom. The van der Waals surface area contributed by atoms with E-state index in [4.69, 9.17) is 17.8 Å². The molecule has 4 heteroatoms. The molecule has 1 aliphatic heterocycles. The Morgan fingerprint density at radius 1 is 1.67 bits per heavy atom. The van der Waals surface area contributed by atoms with Crippen LogP contribution in [0.2, 0.25) is 0 Å². The minimum atomic E-state index is -0.162. The molecular formula is C5H9BO3. The van der Waals surface area contributed by atoms with Gasteiger partial charge in [0.25, 0.3) is 0 Å². The zero-order valence-corrected chi connectivity index (χ0v) is 5.12. The summed E-state index contributed by atoms with van der Waals surface area (Å²) in [6.07, 6.45) is 1.72. The van der Waals surface area contributed by atoms with E-state index in [0.29, 0.717) is 0 Å². The number of ether oxygens (including phenoxy) is 1. The maximum Gasteiger partial charge on any atom is 0.109 e. The fraction of sp³-hybridized carbons (Fsp3) is 1.00. The molecule has 0 bridgehead atoms. The van der Waals surface area contributed by atoms with Gasteiger partial charge in [-0.3, -0.25) is 5.26 Å². The predicted octanol–water partition coefficient (Wildman–Crippen LogP) is 0.150. The molecule has 1 aliphatic rings. The molecule has 1 rings (SSSR count). The Bertz CT molecular complexity index is 86.3. The van der Waals surface area contributed by atoms with Crippen LogP contribution in [0.1, 0.15) is 12.8 Å². The molecule has 3 nitrogen and oxygen atoms in total. The summed E-state index contributed by atoms with van der Waals surface area (Å²) in [5.74, 6) is 0. The molecule has 0 aromatic rings. The minimum Gasteiger partial charge on any atom is -0.382 e. The summed E-state index contributed by atoms with van der Waals surface area (Å²) in [6.45, 7) is 0.230. The van der Waals surface area contributed by atoms with E-state index in [2.05, 4.69) is 4.89 Å². The highest BCUT2D eigenvalue weighted by Crippen LogP contribution is 2.16. The van der Waals surface area contributed by atoms with Crippen LogP contribution in [0.5, 0.6) is 0 Å². The van der Waals surface area contributed by atoms with Gasteiger partial charge >= 0.3 is 0 Å². The molecule has 0 aromatic heterocycles. The zero-order valence-electron chi connectivity index (χ0n) is 5.12. The molecule has 1 heterocycles. The van der Waals surface area contributed by atoms with E-state index >= 15 is 0 Å². The summed E-state index contributed by atoms with van der Waals surface area (Å²) in [7, 11) is 5.40. The van der Waals surface area contributed by atoms with Gasteiger partial charge in [-0.2, -0.15) is 0 Å². The van der Waals surface area contributed by atoms with E-state index in [1.807, 2.05) is 0 Å². The van der Waals surface area contributed by atoms with Crippen molar-refractivity contribution >= 4 is 7.85 Å². The Kier molecular flexibility index (Phi) is 2.51. The van der Waals surface area contributed by atoms with Gasteiger partial charge < -0.3 is 4.74 Å². The second-order valence-electron chi connectivity index (χ2n) is 2.17. The Labute approximate surface area is 55.3 Å². The molecular weight excluding hydrogens is 119 g/mol. The van der Waals surface area contributed by atoms with Gasteiger partial charge in [-0.05, 0) is 12.8 Å². The van der Waals surface area contributed by atoms with Crippen molar-refractivity contribution in [2.45, 2.75) is 24.9 Å². The summed E-state index contributed by atoms with van der Waals surface area (Å²) >= 11 is 0. The molecule has 50 valence electrons. The van der Waals surface area contributed by atoms with Crippen LogP contribution in [-0.4, -0.2) is 31.8 Å². The number of hydrogen-bond donors (Lipinski definition) is 1. The zero-order chi connectivity index (χ0) is 6.69. The van der Waals surface area contributed by atoms with Crippen LogP contribution < -0.4 is 0 Å². The first-order chi connectivity index (χ1) is 4.33. The maximum absolute atomic E-state index is 7.99. The van der Waals surface area contributed by atoms with Crippen LogP contribution in [0, 0.1) is 0 Å². The molecule has 0 aromatic carbocycles. The highest BCUT2D eigenvalue weighted by Gasteiger charge is 2.20. The van der Waals surface area contributed by atoms with Gasteiger partial charge in [0.1, 0.15) is 14.5 Å². The first kappa shape index (κ1) is 7.06. The highest BCUT2D eigenvalue weighted by molar-refractivity contribution is 6.11. The van der Waals surface area contributed by atoms with Crippen molar-refractivity contribution in [2.24, 2.45) is 0 Å². The summed E-state index contributed by atoms with van der Waals surface area (Å²) in [4.78, 5) is 3.89. The monoisotopic (exact) mass is 128 g/mol. The molecule has 2 radical (unpaired) electrons. The number of rotatable bonds is 2. The van der Waals surface area contributed by atoms with Gasteiger partial charge in [0.05, 0.1) is 6.10 Å². The highest BCUT2D eigenvalue weighted by atomic mass is 17.1. The molecule has 1 saturated heterocycles. The van der Waals surface area contributed by atoms with Crippen LogP contribution in [0.3, 0.4) is 0 Å². The lowest BCUT2D eigenvalue weighted by atomic mass is 9.97. The van der Waals surface area contributed by atoms with Crippen molar-refractivity contribution in [3.63, 3.8) is 0 Å². The predicted molar refractivity (Wildman–Crippen MR) is 32.2 cm³/mol. The quantitative estimate of drug-likeness (QED) is 0.326. The minimum absolute atomic E-state index is 0.00926. The molecule has 0 amide bonds. The van der Waals surface area contributed by atoms with E-state index in [9.17, 15) is 0 Å². The van der Waals surface area contributed by atoms with Crippen molar-refractivity contribution < 1.29 is 14.9 Å². The van der Waals surface area contributed by atoms with Crippen molar-refractivity contribution in [1.82, 2.24) is 0 Å². The van der Waals surface area contributed by atoms with E-state index in [-0.39, 0.29) is 18.7 Å². The van der Waals surface area contributed by atoms with Crippen molar-refractivity contribution in [1.29, 1.82) is 0 Å². The average molecular weight is 128 g/mol. The third-order valence-corrected chi connectivity index (χ3v) is 1.40. The molecule has 2 atom stereocenters. The van der Waals surface area contributed by atoms with Gasteiger partial charge in [0.2, 0.25) is 0 Å². The van der Waals surface area contributed by atoms with Crippen LogP contribution in [0.15, 0.2) is 0 Å². The standard InChI is InChI=1S/C5H9BO3/c6-5-2-1-4(9-5)3-8-7/h4-5,7H,1-3H2. The topological polar surface area (TPSA) is 38.7 Å². The Balaban J connectivity index is 2.14. The second-order valence-corrected chi connectivity index (χ2v) is 2.17. The van der Waals surface area contributed by atoms with Crippen LogP contribution in [0.25, 0.3) is 0 Å². The summed E-state index contributed by atoms with van der Waals surface area (Å²) in [6, 6.07) is -0.162. The SMILES string of the molecule is [B]C1CCC(COO)O1. The van der Waals surface area contributed by atoms with Crippen molar-refractivity contribution in [3.05, 3.63) is 0 Å². The lowest BCUT2D eigenvalue weighted by Gasteiger charge is -2.07. The smallest absolute Gasteiger partial charge is 0.109 e. The van der Waals surface area contributed by atoms with E-state index in [1.165, 1.54) is 0 Å². The van der Waals surface area contributed by atoms with Gasteiger partial charge in [0, 0.05) is 6.00 Å². The lowest BCUT2D eigenvalue weighted by Crippen LogP contribution is -2.15. The van der Waals surface area contributed by atoms with Crippen LogP contribution >= 0.6 is 0 Å². The first-order valence-corrected chi connectivity index (χ1v) is 3.00. The average Bonchev–Trinajstić information content (AvgIpc) is 2.17. The first-order valence-electron chi connectivity index (χ1n) is 3.00. The van der Waals surface area contributed by atoms with Crippen LogP contribution in [-0.2, 0) is 9.62 Å². The van der Waals surface area contributed by atoms with E-state index in [0.717, 1.165) is 12.8 Å². The largest absolute Gasteiger partial charge is 0.382 e. The van der Waals surface area contributed by atoms with Gasteiger partial charge in [0.15, 0.2) is 0 Å². The summed E-state index contributed by atoms with van der Waals surface area (Å²) in [5, 5.41) is 7.99. The lowest BCUT2D eigenvalue weighted by molar-refractivity contribution is -0.257. The summed E-state index contributed by atoms with van der Waals surface area (Å²) < 4.78 is 5.09. The van der Waals surface area contributed by atoms with E-state index < -0.39 is 0 Å². The molecule has 0 saturated carbocycles. The van der Waals surface area contributed by atoms with Crippen molar-refractivity contribution in [3.8, 4) is 0 Å². The van der Waals surface area contributed by atoms with Gasteiger partial charge in [-0.1, -0.05) is 0 Å². The Morgan fingerprint density at radius 2 is 2.44 bits per heavy atom. The van der Waals surface area contributed by atoms with Crippen LogP contribution in [0.4, 0.5) is 0 Å². The molecule has 1 N–H and O–H groups in total. The molecule has 0 aliphatic carbocycles. The maximum atomic E-state index is 7.99. The normalized spacial score (nSPS) is 35.2. The molecule has 2 unspecified atom stereocenters. The third kappa shape index (κ3) is 1.97. The van der Waals surface area contributed by atoms with E-state index in [1.54, 1.807) is 0 Å². The summed E-state index contributed by atoms with van der Waals surface area (Å²) in [5.41, 5.74) is 0. The Hall–Kier alpha value is -0.0551.